The number of rotatable bonds is 5. The molecule has 4 nitrogen and oxygen atoms in total. The Bertz CT molecular complexity index is 482. The zero-order chi connectivity index (χ0) is 14.8. The van der Waals surface area contributed by atoms with E-state index in [1.54, 1.807) is 12.6 Å². The van der Waals surface area contributed by atoms with Crippen molar-refractivity contribution in [3.05, 3.63) is 24.3 Å². The maximum absolute atomic E-state index is 5.89. The maximum Gasteiger partial charge on any atom is 0.330 e. The smallest absolute Gasteiger partial charge is 0.330 e. The van der Waals surface area contributed by atoms with E-state index in [1.807, 2.05) is 58.2 Å². The molecule has 0 aliphatic carbocycles. The van der Waals surface area contributed by atoms with Crippen LogP contribution < -0.4 is 16.0 Å². The van der Waals surface area contributed by atoms with Gasteiger partial charge in [-0.3, -0.25) is 0 Å². The third-order valence-electron chi connectivity index (χ3n) is 3.63. The minimum atomic E-state index is -0.352. The van der Waals surface area contributed by atoms with Crippen molar-refractivity contribution in [1.82, 2.24) is 5.43 Å². The summed E-state index contributed by atoms with van der Waals surface area (Å²) in [6, 6.07) is 8.02. The Morgan fingerprint density at radius 1 is 1.25 bits per heavy atom. The number of hydrogen-bond donors (Lipinski definition) is 2. The molecule has 0 atom stereocenters. The first kappa shape index (κ1) is 15.4. The van der Waals surface area contributed by atoms with E-state index < -0.39 is 0 Å². The predicted octanol–water partition coefficient (Wildman–Crippen LogP) is 1.75. The monoisotopic (exact) mass is 290 g/mol. The molecular formula is C14H21BN3OS. The van der Waals surface area contributed by atoms with E-state index >= 15 is 0 Å². The first-order valence-electron chi connectivity index (χ1n) is 6.69. The molecule has 1 aliphatic heterocycles. The van der Waals surface area contributed by atoms with E-state index in [-0.39, 0.29) is 10.3 Å². The van der Waals surface area contributed by atoms with Crippen LogP contribution >= 0.6 is 12.6 Å². The van der Waals surface area contributed by atoms with E-state index in [0.717, 1.165) is 17.7 Å². The van der Waals surface area contributed by atoms with Crippen LogP contribution in [0.1, 0.15) is 27.7 Å². The summed E-state index contributed by atoms with van der Waals surface area (Å²) >= 11 is 4.58. The summed E-state index contributed by atoms with van der Waals surface area (Å²) in [7, 11) is 1.78. The van der Waals surface area contributed by atoms with Crippen molar-refractivity contribution in [3.63, 3.8) is 0 Å². The van der Waals surface area contributed by atoms with E-state index in [4.69, 9.17) is 4.65 Å². The number of thiol groups is 1. The molecule has 0 aromatic heterocycles. The highest BCUT2D eigenvalue weighted by atomic mass is 32.1. The average Bonchev–Trinajstić information content (AvgIpc) is 2.89. The first-order valence-corrected chi connectivity index (χ1v) is 7.14. The molecule has 6 heteroatoms. The number of anilines is 1. The molecule has 1 radical (unpaired) electrons. The Labute approximate surface area is 127 Å². The van der Waals surface area contributed by atoms with E-state index in [2.05, 4.69) is 23.2 Å². The summed E-state index contributed by atoms with van der Waals surface area (Å²) in [5, 5.41) is 5.95. The molecule has 107 valence electrons. The second-order valence-corrected chi connectivity index (χ2v) is 6.99. The van der Waals surface area contributed by atoms with Crippen molar-refractivity contribution in [1.29, 1.82) is 0 Å². The topological polar surface area (TPSA) is 36.9 Å². The minimum absolute atomic E-state index is 0.225. The summed E-state index contributed by atoms with van der Waals surface area (Å²) in [6.07, 6.45) is 1.83. The average molecular weight is 290 g/mol. The molecule has 2 rings (SSSR count). The molecule has 0 amide bonds. The largest absolute Gasteiger partial charge is 0.428 e. The van der Waals surface area contributed by atoms with Gasteiger partial charge in [-0.15, -0.1) is 0 Å². The molecule has 1 aliphatic rings. The lowest BCUT2D eigenvalue weighted by molar-refractivity contribution is 0.0854. The summed E-state index contributed by atoms with van der Waals surface area (Å²) < 4.78 is 5.66. The lowest BCUT2D eigenvalue weighted by atomic mass is 9.84. The van der Waals surface area contributed by atoms with Gasteiger partial charge in [-0.2, -0.15) is 22.8 Å². The Kier molecular flexibility index (Phi) is 4.47. The number of hydrazone groups is 1. The van der Waals surface area contributed by atoms with E-state index in [0.29, 0.717) is 0 Å². The van der Waals surface area contributed by atoms with Crippen molar-refractivity contribution in [2.24, 2.45) is 5.10 Å². The molecule has 0 unspecified atom stereocenters. The molecule has 1 N–H and O–H groups in total. The molecule has 1 aromatic carbocycles. The number of hydrogen-bond acceptors (Lipinski definition) is 5. The Morgan fingerprint density at radius 2 is 1.90 bits per heavy atom. The van der Waals surface area contributed by atoms with Crippen LogP contribution in [0, 0.1) is 0 Å². The van der Waals surface area contributed by atoms with Crippen molar-refractivity contribution < 1.29 is 4.65 Å². The normalized spacial score (nSPS) is 15.8. The van der Waals surface area contributed by atoms with Gasteiger partial charge in [0.25, 0.3) is 0 Å². The molecule has 0 saturated carbocycles. The van der Waals surface area contributed by atoms with Gasteiger partial charge in [0.2, 0.25) is 0 Å². The molecule has 0 bridgehead atoms. The van der Waals surface area contributed by atoms with Crippen molar-refractivity contribution in [2.75, 3.05) is 11.7 Å². The molecule has 1 heterocycles. The molecule has 0 spiro atoms. The summed E-state index contributed by atoms with van der Waals surface area (Å²) in [6.45, 7) is 8.93. The summed E-state index contributed by atoms with van der Waals surface area (Å²) in [4.78, 5) is 0. The van der Waals surface area contributed by atoms with E-state index in [1.165, 1.54) is 0 Å². The predicted molar refractivity (Wildman–Crippen MR) is 89.0 cm³/mol. The van der Waals surface area contributed by atoms with Gasteiger partial charge in [-0.05, 0) is 39.8 Å². The quantitative estimate of drug-likeness (QED) is 0.641. The van der Waals surface area contributed by atoms with E-state index in [9.17, 15) is 0 Å². The van der Waals surface area contributed by atoms with Crippen molar-refractivity contribution in [2.45, 2.75) is 38.0 Å². The molecule has 1 aromatic rings. The highest BCUT2D eigenvalue weighted by Crippen LogP contribution is 2.30. The third-order valence-corrected chi connectivity index (χ3v) is 4.17. The van der Waals surface area contributed by atoms with Gasteiger partial charge in [0, 0.05) is 11.0 Å². The van der Waals surface area contributed by atoms with Gasteiger partial charge in [0.15, 0.2) is 0 Å². The molecular weight excluding hydrogens is 269 g/mol. The zero-order valence-corrected chi connectivity index (χ0v) is 13.3. The molecule has 0 saturated heterocycles. The highest BCUT2D eigenvalue weighted by Gasteiger charge is 2.34. The van der Waals surface area contributed by atoms with Crippen LogP contribution in [-0.2, 0) is 4.65 Å². The Hall–Kier alpha value is -0.975. The van der Waals surface area contributed by atoms with Crippen LogP contribution in [0.3, 0.4) is 0 Å². The van der Waals surface area contributed by atoms with Gasteiger partial charge in [-0.1, -0.05) is 17.6 Å². The Balaban J connectivity index is 1.96. The number of benzene rings is 1. The van der Waals surface area contributed by atoms with Crippen molar-refractivity contribution in [3.8, 4) is 0 Å². The van der Waals surface area contributed by atoms with Crippen LogP contribution in [0.2, 0.25) is 0 Å². The van der Waals surface area contributed by atoms with Crippen LogP contribution in [0.15, 0.2) is 29.4 Å². The zero-order valence-electron chi connectivity index (χ0n) is 12.4. The molecule has 20 heavy (non-hydrogen) atoms. The SMILES string of the molecule is CC(C)(S)C(C)(C)O[B]c1ccc(N2N=CCN2)cc1. The summed E-state index contributed by atoms with van der Waals surface area (Å²) in [5.41, 5.74) is 4.80. The lowest BCUT2D eigenvalue weighted by Gasteiger charge is -2.38. The first-order chi connectivity index (χ1) is 9.29. The second-order valence-electron chi connectivity index (χ2n) is 5.87. The lowest BCUT2D eigenvalue weighted by Crippen LogP contribution is -2.45. The minimum Gasteiger partial charge on any atom is -0.428 e. The number of hydrazine groups is 1. The maximum atomic E-state index is 5.89. The van der Waals surface area contributed by atoms with Crippen molar-refractivity contribution >= 4 is 37.5 Å². The van der Waals surface area contributed by atoms with Crippen LogP contribution in [0.25, 0.3) is 0 Å². The van der Waals surface area contributed by atoms with Gasteiger partial charge in [0.1, 0.15) is 0 Å². The van der Waals surface area contributed by atoms with Gasteiger partial charge < -0.3 is 4.65 Å². The highest BCUT2D eigenvalue weighted by molar-refractivity contribution is 7.81. The fourth-order valence-electron chi connectivity index (χ4n) is 1.50. The van der Waals surface area contributed by atoms with Gasteiger partial charge in [-0.25, -0.2) is 5.43 Å². The number of nitrogens with zero attached hydrogens (tertiary/aromatic N) is 2. The third kappa shape index (κ3) is 3.56. The fourth-order valence-corrected chi connectivity index (χ4v) is 1.55. The summed E-state index contributed by atoms with van der Waals surface area (Å²) in [5.74, 6) is 0. The van der Waals surface area contributed by atoms with Gasteiger partial charge >= 0.3 is 7.48 Å². The number of nitrogens with one attached hydrogen (secondary N) is 1. The van der Waals surface area contributed by atoms with Gasteiger partial charge in [0.05, 0.1) is 17.8 Å². The standard InChI is InChI=1S/C14H21BN3OS/c1-13(2,14(3,4)20)19-15-11-5-7-12(8-6-11)18-16-9-10-17-18/h5-9,17,20H,10H2,1-4H3. The fraction of sp³-hybridized carbons (Fsp3) is 0.500. The van der Waals surface area contributed by atoms with Crippen LogP contribution in [0.4, 0.5) is 5.69 Å². The second kappa shape index (κ2) is 5.80. The molecule has 0 fully saturated rings. The van der Waals surface area contributed by atoms with Crippen LogP contribution in [0.5, 0.6) is 0 Å². The van der Waals surface area contributed by atoms with Crippen LogP contribution in [-0.4, -0.2) is 30.6 Å². The Morgan fingerprint density at radius 3 is 2.40 bits per heavy atom.